The molecule has 0 radical (unpaired) electrons. The van der Waals surface area contributed by atoms with Crippen LogP contribution in [0.3, 0.4) is 0 Å². The van der Waals surface area contributed by atoms with E-state index in [0.29, 0.717) is 12.6 Å². The largest absolute Gasteiger partial charge is 0.495 e. The Labute approximate surface area is 172 Å². The fourth-order valence-electron chi connectivity index (χ4n) is 4.14. The molecular weight excluding hydrogens is 366 g/mol. The maximum Gasteiger partial charge on any atom is 0.191 e. The zero-order valence-electron chi connectivity index (χ0n) is 17.4. The van der Waals surface area contributed by atoms with E-state index in [9.17, 15) is 0 Å². The lowest BCUT2D eigenvalue weighted by molar-refractivity contribution is 0.415. The molecule has 1 aromatic heterocycles. The van der Waals surface area contributed by atoms with Crippen LogP contribution >= 0.6 is 0 Å². The fourth-order valence-corrected chi connectivity index (χ4v) is 4.14. The van der Waals surface area contributed by atoms with E-state index in [1.165, 1.54) is 12.8 Å². The summed E-state index contributed by atoms with van der Waals surface area (Å²) in [5.74, 6) is 3.82. The molecule has 1 atom stereocenters. The maximum atomic E-state index is 5.52. The molecule has 1 fully saturated rings. The molecule has 0 amide bonds. The topological polar surface area (TPSA) is 79.6 Å². The van der Waals surface area contributed by atoms with Gasteiger partial charge in [0.15, 0.2) is 11.8 Å². The number of anilines is 1. The number of nitrogens with zero attached hydrogens (tertiary/aromatic N) is 5. The zero-order chi connectivity index (χ0) is 20.1. The molecule has 2 aromatic rings. The summed E-state index contributed by atoms with van der Waals surface area (Å²) in [6.07, 6.45) is 4.48. The summed E-state index contributed by atoms with van der Waals surface area (Å²) in [6, 6.07) is 8.54. The number of rotatable bonds is 6. The second-order valence-corrected chi connectivity index (χ2v) is 7.58. The average Bonchev–Trinajstić information content (AvgIpc) is 3.39. The summed E-state index contributed by atoms with van der Waals surface area (Å²) >= 11 is 0. The number of benzene rings is 1. The first-order chi connectivity index (χ1) is 14.3. The highest BCUT2D eigenvalue weighted by Crippen LogP contribution is 2.30. The predicted molar refractivity (Wildman–Crippen MR) is 115 cm³/mol. The second kappa shape index (κ2) is 9.15. The van der Waals surface area contributed by atoms with Crippen molar-refractivity contribution < 1.29 is 4.74 Å². The van der Waals surface area contributed by atoms with E-state index >= 15 is 0 Å². The highest BCUT2D eigenvalue weighted by Gasteiger charge is 2.25. The quantitative estimate of drug-likeness (QED) is 0.573. The summed E-state index contributed by atoms with van der Waals surface area (Å²) < 4.78 is 7.76. The number of methoxy groups -OCH3 is 1. The van der Waals surface area contributed by atoms with Gasteiger partial charge in [-0.3, -0.25) is 0 Å². The summed E-state index contributed by atoms with van der Waals surface area (Å²) in [5.41, 5.74) is 1.15. The molecule has 0 spiro atoms. The van der Waals surface area contributed by atoms with E-state index < -0.39 is 0 Å². The first-order valence-corrected chi connectivity index (χ1v) is 10.6. The van der Waals surface area contributed by atoms with Crippen LogP contribution in [0.4, 0.5) is 5.69 Å². The van der Waals surface area contributed by atoms with Gasteiger partial charge in [0.25, 0.3) is 0 Å². The number of hydrogen-bond donors (Lipinski definition) is 2. The molecule has 1 unspecified atom stereocenters. The van der Waals surface area contributed by atoms with E-state index in [1.54, 1.807) is 7.11 Å². The molecular formula is C21H31N7O. The number of nitrogens with one attached hydrogen (secondary N) is 2. The minimum atomic E-state index is 0.338. The van der Waals surface area contributed by atoms with Crippen LogP contribution in [0.5, 0.6) is 5.75 Å². The Balaban J connectivity index is 1.40. The molecule has 3 heterocycles. The van der Waals surface area contributed by atoms with Gasteiger partial charge in [0.1, 0.15) is 18.1 Å². The Morgan fingerprint density at radius 1 is 1.24 bits per heavy atom. The van der Waals surface area contributed by atoms with Crippen LogP contribution in [0.15, 0.2) is 29.3 Å². The number of aryl methyl sites for hydroxylation is 1. The Morgan fingerprint density at radius 3 is 3.00 bits per heavy atom. The van der Waals surface area contributed by atoms with Crippen molar-refractivity contribution in [3.63, 3.8) is 0 Å². The number of hydrogen-bond acceptors (Lipinski definition) is 5. The smallest absolute Gasteiger partial charge is 0.191 e. The lowest BCUT2D eigenvalue weighted by atomic mass is 10.2. The van der Waals surface area contributed by atoms with Crippen molar-refractivity contribution in [2.75, 3.05) is 31.6 Å². The van der Waals surface area contributed by atoms with Gasteiger partial charge in [-0.25, -0.2) is 4.99 Å². The second-order valence-electron chi connectivity index (χ2n) is 7.58. The lowest BCUT2D eigenvalue weighted by Gasteiger charge is -2.22. The van der Waals surface area contributed by atoms with Crippen LogP contribution in [-0.2, 0) is 19.5 Å². The molecule has 4 rings (SSSR count). The SMILES string of the molecule is CCNC(=NCc1nnc2n1CCCC2)NC1CCN(c2ccccc2OC)C1. The van der Waals surface area contributed by atoms with E-state index in [-0.39, 0.29) is 0 Å². The Hall–Kier alpha value is -2.77. The van der Waals surface area contributed by atoms with Crippen LogP contribution in [0.2, 0.25) is 0 Å². The molecule has 8 nitrogen and oxygen atoms in total. The van der Waals surface area contributed by atoms with E-state index in [1.807, 2.05) is 12.1 Å². The monoisotopic (exact) mass is 397 g/mol. The average molecular weight is 398 g/mol. The van der Waals surface area contributed by atoms with Crippen LogP contribution in [0.1, 0.15) is 37.8 Å². The third-order valence-corrected chi connectivity index (χ3v) is 5.61. The van der Waals surface area contributed by atoms with Gasteiger partial charge >= 0.3 is 0 Å². The summed E-state index contributed by atoms with van der Waals surface area (Å²) in [7, 11) is 1.73. The number of para-hydroxylation sites is 2. The van der Waals surface area contributed by atoms with Crippen LogP contribution in [-0.4, -0.2) is 53.5 Å². The molecule has 0 aliphatic carbocycles. The van der Waals surface area contributed by atoms with Gasteiger partial charge in [0.05, 0.1) is 12.8 Å². The molecule has 156 valence electrons. The van der Waals surface area contributed by atoms with Gasteiger partial charge in [-0.2, -0.15) is 0 Å². The summed E-state index contributed by atoms with van der Waals surface area (Å²) in [5, 5.41) is 15.7. The number of fused-ring (bicyclic) bond motifs is 1. The molecule has 8 heteroatoms. The highest BCUT2D eigenvalue weighted by atomic mass is 16.5. The minimum absolute atomic E-state index is 0.338. The standard InChI is InChI=1S/C21H31N7O/c1-3-22-21(23-14-20-26-25-19-10-6-7-12-28(19)20)24-16-11-13-27(15-16)17-8-4-5-9-18(17)29-2/h4-5,8-9,16H,3,6-7,10-15H2,1-2H3,(H2,22,23,24). The van der Waals surface area contributed by atoms with Crippen molar-refractivity contribution in [1.82, 2.24) is 25.4 Å². The minimum Gasteiger partial charge on any atom is -0.495 e. The van der Waals surface area contributed by atoms with Gasteiger partial charge in [0.2, 0.25) is 0 Å². The van der Waals surface area contributed by atoms with E-state index in [0.717, 1.165) is 68.1 Å². The highest BCUT2D eigenvalue weighted by molar-refractivity contribution is 5.80. The number of ether oxygens (including phenoxy) is 1. The van der Waals surface area contributed by atoms with Gasteiger partial charge in [0, 0.05) is 38.6 Å². The van der Waals surface area contributed by atoms with Crippen molar-refractivity contribution >= 4 is 11.6 Å². The summed E-state index contributed by atoms with van der Waals surface area (Å²) in [6.45, 7) is 6.39. The Bertz CT molecular complexity index is 847. The van der Waals surface area contributed by atoms with Crippen LogP contribution in [0, 0.1) is 0 Å². The van der Waals surface area contributed by atoms with Crippen LogP contribution in [0.25, 0.3) is 0 Å². The lowest BCUT2D eigenvalue weighted by Crippen LogP contribution is -2.44. The molecule has 0 bridgehead atoms. The molecule has 2 aliphatic heterocycles. The van der Waals surface area contributed by atoms with Crippen molar-refractivity contribution in [2.24, 2.45) is 4.99 Å². The normalized spacial score (nSPS) is 19.2. The van der Waals surface area contributed by atoms with Crippen molar-refractivity contribution in [3.05, 3.63) is 35.9 Å². The van der Waals surface area contributed by atoms with Gasteiger partial charge in [-0.15, -0.1) is 10.2 Å². The van der Waals surface area contributed by atoms with Gasteiger partial charge in [-0.05, 0) is 38.3 Å². The molecule has 1 saturated heterocycles. The molecule has 0 saturated carbocycles. The first-order valence-electron chi connectivity index (χ1n) is 10.6. The molecule has 1 aromatic carbocycles. The molecule has 2 aliphatic rings. The first kappa shape index (κ1) is 19.5. The van der Waals surface area contributed by atoms with Crippen molar-refractivity contribution in [1.29, 1.82) is 0 Å². The third kappa shape index (κ3) is 4.46. The van der Waals surface area contributed by atoms with Gasteiger partial charge in [-0.1, -0.05) is 12.1 Å². The predicted octanol–water partition coefficient (Wildman–Crippen LogP) is 1.96. The van der Waals surface area contributed by atoms with Crippen molar-refractivity contribution in [3.8, 4) is 5.75 Å². The van der Waals surface area contributed by atoms with Gasteiger partial charge < -0.3 is 24.8 Å². The van der Waals surface area contributed by atoms with Crippen molar-refractivity contribution in [2.45, 2.75) is 51.7 Å². The fraction of sp³-hybridized carbons (Fsp3) is 0.571. The third-order valence-electron chi connectivity index (χ3n) is 5.61. The number of aromatic nitrogens is 3. The Kier molecular flexibility index (Phi) is 6.17. The maximum absolute atomic E-state index is 5.52. The molecule has 2 N–H and O–H groups in total. The number of guanidine groups is 1. The molecule has 29 heavy (non-hydrogen) atoms. The van der Waals surface area contributed by atoms with Crippen LogP contribution < -0.4 is 20.3 Å². The van der Waals surface area contributed by atoms with E-state index in [2.05, 4.69) is 49.4 Å². The Morgan fingerprint density at radius 2 is 2.14 bits per heavy atom. The van der Waals surface area contributed by atoms with E-state index in [4.69, 9.17) is 9.73 Å². The number of aliphatic imine (C=N–C) groups is 1. The zero-order valence-corrected chi connectivity index (χ0v) is 17.4. The summed E-state index contributed by atoms with van der Waals surface area (Å²) in [4.78, 5) is 7.16.